The van der Waals surface area contributed by atoms with Crippen LogP contribution >= 0.6 is 0 Å². The molecule has 2 fully saturated rings. The van der Waals surface area contributed by atoms with Crippen molar-refractivity contribution in [2.24, 2.45) is 0 Å². The second kappa shape index (κ2) is 7.83. The van der Waals surface area contributed by atoms with Crippen LogP contribution in [-0.2, 0) is 16.6 Å². The van der Waals surface area contributed by atoms with Crippen LogP contribution in [-0.4, -0.2) is 27.2 Å². The highest BCUT2D eigenvalue weighted by atomic mass is 16.5. The summed E-state index contributed by atoms with van der Waals surface area (Å²) in [6, 6.07) is 6.40. The van der Waals surface area contributed by atoms with Gasteiger partial charge in [-0.15, -0.1) is 0 Å². The molecular weight excluding hydrogens is 322 g/mol. The molecule has 0 aromatic carbocycles. The Labute approximate surface area is 156 Å². The molecular formula is C22H29N3O. The van der Waals surface area contributed by atoms with Gasteiger partial charge in [0.25, 0.3) is 0 Å². The summed E-state index contributed by atoms with van der Waals surface area (Å²) < 4.78 is 6.33. The molecule has 1 saturated heterocycles. The molecule has 1 unspecified atom stereocenters. The zero-order valence-corrected chi connectivity index (χ0v) is 15.6. The molecule has 0 amide bonds. The molecule has 4 rings (SSSR count). The van der Waals surface area contributed by atoms with Gasteiger partial charge >= 0.3 is 0 Å². The van der Waals surface area contributed by atoms with Crippen molar-refractivity contribution >= 4 is 0 Å². The van der Waals surface area contributed by atoms with Crippen LogP contribution in [0, 0.1) is 0 Å². The highest BCUT2D eigenvalue weighted by molar-refractivity contribution is 5.20. The van der Waals surface area contributed by atoms with Gasteiger partial charge in [0.1, 0.15) is 0 Å². The van der Waals surface area contributed by atoms with Crippen molar-refractivity contribution < 1.29 is 4.74 Å². The van der Waals surface area contributed by atoms with Gasteiger partial charge in [0.05, 0.1) is 11.3 Å². The van der Waals surface area contributed by atoms with E-state index in [-0.39, 0.29) is 11.0 Å². The van der Waals surface area contributed by atoms with Crippen LogP contribution in [0.5, 0.6) is 0 Å². The van der Waals surface area contributed by atoms with Crippen LogP contribution in [0.3, 0.4) is 0 Å². The van der Waals surface area contributed by atoms with Crippen LogP contribution in [0.1, 0.15) is 69.2 Å². The van der Waals surface area contributed by atoms with Crippen molar-refractivity contribution in [3.05, 3.63) is 54.4 Å². The van der Waals surface area contributed by atoms with E-state index in [2.05, 4.69) is 22.1 Å². The van der Waals surface area contributed by atoms with Crippen molar-refractivity contribution in [3.8, 4) is 0 Å². The standard InChI is InChI=1S/C22H29N3O/c1(7-19-17-23-14-15-24-19)3-9-21(20-8-2-6-13-25-20)12-16-26-22(18-21)10-4-5-11-22/h2,6,8,13-15,17H,1,3-5,7,9-12,16,18H2. The number of nitrogens with zero attached hydrogens (tertiary/aromatic N) is 3. The van der Waals surface area contributed by atoms with Gasteiger partial charge in [0.2, 0.25) is 0 Å². The van der Waals surface area contributed by atoms with Gasteiger partial charge in [-0.05, 0) is 57.1 Å². The molecule has 1 saturated carbocycles. The lowest BCUT2D eigenvalue weighted by Crippen LogP contribution is -2.46. The van der Waals surface area contributed by atoms with E-state index in [9.17, 15) is 0 Å². The van der Waals surface area contributed by atoms with Crippen molar-refractivity contribution in [1.29, 1.82) is 0 Å². The smallest absolute Gasteiger partial charge is 0.0691 e. The van der Waals surface area contributed by atoms with E-state index in [0.29, 0.717) is 0 Å². The minimum absolute atomic E-state index is 0.112. The molecule has 138 valence electrons. The second-order valence-electron chi connectivity index (χ2n) is 8.06. The maximum absolute atomic E-state index is 6.33. The van der Waals surface area contributed by atoms with Crippen LogP contribution in [0.25, 0.3) is 0 Å². The zero-order chi connectivity index (χ0) is 17.7. The maximum atomic E-state index is 6.33. The average Bonchev–Trinajstić information content (AvgIpc) is 3.14. The summed E-state index contributed by atoms with van der Waals surface area (Å²) >= 11 is 0. The zero-order valence-electron chi connectivity index (χ0n) is 15.6. The monoisotopic (exact) mass is 351 g/mol. The van der Waals surface area contributed by atoms with E-state index in [0.717, 1.165) is 38.0 Å². The molecule has 1 aliphatic heterocycles. The highest BCUT2D eigenvalue weighted by Gasteiger charge is 2.48. The molecule has 2 aromatic heterocycles. The molecule has 1 aliphatic carbocycles. The number of pyridine rings is 1. The quantitative estimate of drug-likeness (QED) is 0.711. The number of rotatable bonds is 6. The third-order valence-electron chi connectivity index (χ3n) is 6.33. The molecule has 0 radical (unpaired) electrons. The topological polar surface area (TPSA) is 47.9 Å². The van der Waals surface area contributed by atoms with E-state index in [1.54, 1.807) is 12.4 Å². The van der Waals surface area contributed by atoms with Crippen LogP contribution < -0.4 is 0 Å². The first-order valence-electron chi connectivity index (χ1n) is 10.1. The van der Waals surface area contributed by atoms with Gasteiger partial charge in [-0.2, -0.15) is 0 Å². The largest absolute Gasteiger partial charge is 0.375 e. The Morgan fingerprint density at radius 1 is 0.962 bits per heavy atom. The summed E-state index contributed by atoms with van der Waals surface area (Å²) in [5.41, 5.74) is 2.65. The molecule has 3 heterocycles. The fourth-order valence-corrected chi connectivity index (χ4v) is 5.02. The molecule has 4 heteroatoms. The third-order valence-corrected chi connectivity index (χ3v) is 6.33. The summed E-state index contributed by atoms with van der Waals surface area (Å²) in [5, 5.41) is 0. The van der Waals surface area contributed by atoms with Crippen molar-refractivity contribution in [3.63, 3.8) is 0 Å². The lowest BCUT2D eigenvalue weighted by molar-refractivity contribution is -0.104. The highest BCUT2D eigenvalue weighted by Crippen LogP contribution is 2.50. The molecule has 0 bridgehead atoms. The van der Waals surface area contributed by atoms with Crippen LogP contribution in [0.4, 0.5) is 0 Å². The second-order valence-corrected chi connectivity index (χ2v) is 8.06. The number of aryl methyl sites for hydroxylation is 1. The van der Waals surface area contributed by atoms with Gasteiger partial charge in [-0.3, -0.25) is 15.0 Å². The van der Waals surface area contributed by atoms with Gasteiger partial charge in [-0.25, -0.2) is 0 Å². The minimum atomic E-state index is 0.112. The van der Waals surface area contributed by atoms with Crippen LogP contribution in [0.2, 0.25) is 0 Å². The maximum Gasteiger partial charge on any atom is 0.0691 e. The number of hydrogen-bond acceptors (Lipinski definition) is 4. The Kier molecular flexibility index (Phi) is 5.30. The number of aromatic nitrogens is 3. The summed E-state index contributed by atoms with van der Waals surface area (Å²) in [5.74, 6) is 0. The lowest BCUT2D eigenvalue weighted by atomic mass is 9.67. The summed E-state index contributed by atoms with van der Waals surface area (Å²) in [4.78, 5) is 13.4. The average molecular weight is 351 g/mol. The van der Waals surface area contributed by atoms with E-state index in [4.69, 9.17) is 9.72 Å². The number of ether oxygens (including phenoxy) is 1. The Balaban J connectivity index is 1.46. The van der Waals surface area contributed by atoms with Crippen molar-refractivity contribution in [2.75, 3.05) is 6.61 Å². The van der Waals surface area contributed by atoms with Gasteiger partial charge < -0.3 is 4.74 Å². The lowest BCUT2D eigenvalue weighted by Gasteiger charge is -2.46. The third kappa shape index (κ3) is 3.80. The summed E-state index contributed by atoms with van der Waals surface area (Å²) in [6.07, 6.45) is 19.2. The van der Waals surface area contributed by atoms with Gasteiger partial charge in [-0.1, -0.05) is 25.3 Å². The minimum Gasteiger partial charge on any atom is -0.375 e. The molecule has 4 nitrogen and oxygen atoms in total. The summed E-state index contributed by atoms with van der Waals surface area (Å²) in [6.45, 7) is 0.876. The molecule has 0 N–H and O–H groups in total. The first-order valence-corrected chi connectivity index (χ1v) is 10.1. The predicted molar refractivity (Wildman–Crippen MR) is 102 cm³/mol. The Hall–Kier alpha value is -1.81. The van der Waals surface area contributed by atoms with E-state index < -0.39 is 0 Å². The number of unbranched alkanes of at least 4 members (excludes halogenated alkanes) is 1. The van der Waals surface area contributed by atoms with Crippen LogP contribution in [0.15, 0.2) is 43.0 Å². The molecule has 2 aromatic rings. The van der Waals surface area contributed by atoms with E-state index in [1.165, 1.54) is 44.2 Å². The normalized spacial score (nSPS) is 24.8. The Bertz CT molecular complexity index is 685. The van der Waals surface area contributed by atoms with Gasteiger partial charge in [0, 0.05) is 42.5 Å². The fraction of sp³-hybridized carbons (Fsp3) is 0.591. The van der Waals surface area contributed by atoms with Gasteiger partial charge in [0.15, 0.2) is 0 Å². The Morgan fingerprint density at radius 2 is 1.88 bits per heavy atom. The molecule has 1 spiro atoms. The SMILES string of the molecule is c1ccc(C2(CCCCc3cnccn3)CCOC3(CCCC3)C2)nc1. The van der Waals surface area contributed by atoms with E-state index in [1.807, 2.05) is 18.5 Å². The van der Waals surface area contributed by atoms with Crippen molar-refractivity contribution in [2.45, 2.75) is 75.2 Å². The first kappa shape index (κ1) is 17.6. The molecule has 26 heavy (non-hydrogen) atoms. The summed E-state index contributed by atoms with van der Waals surface area (Å²) in [7, 11) is 0. The molecule has 2 aliphatic rings. The van der Waals surface area contributed by atoms with E-state index >= 15 is 0 Å². The first-order chi connectivity index (χ1) is 12.8. The van der Waals surface area contributed by atoms with Crippen molar-refractivity contribution in [1.82, 2.24) is 15.0 Å². The predicted octanol–water partition coefficient (Wildman–Crippen LogP) is 4.65. The number of hydrogen-bond donors (Lipinski definition) is 0. The molecule has 1 atom stereocenters. The fourth-order valence-electron chi connectivity index (χ4n) is 5.02. The Morgan fingerprint density at radius 3 is 2.65 bits per heavy atom.